The van der Waals surface area contributed by atoms with Gasteiger partial charge in [0.25, 0.3) is 0 Å². The number of carbonyl (C=O) groups excluding carboxylic acids is 1. The van der Waals surface area contributed by atoms with E-state index in [0.717, 1.165) is 19.5 Å². The summed E-state index contributed by atoms with van der Waals surface area (Å²) in [5, 5.41) is 0. The Kier molecular flexibility index (Phi) is 1.88. The van der Waals surface area contributed by atoms with E-state index >= 15 is 0 Å². The third-order valence-electron chi connectivity index (χ3n) is 2.13. The number of halogens is 1. The lowest BCUT2D eigenvalue weighted by Crippen LogP contribution is -2.39. The van der Waals surface area contributed by atoms with Gasteiger partial charge in [-0.05, 0) is 6.08 Å². The number of rotatable bonds is 0. The van der Waals surface area contributed by atoms with Gasteiger partial charge in [0, 0.05) is 42.4 Å². The lowest BCUT2D eigenvalue weighted by molar-refractivity contribution is -0.128. The van der Waals surface area contributed by atoms with Gasteiger partial charge in [-0.2, -0.15) is 0 Å². The maximum atomic E-state index is 11.2. The van der Waals surface area contributed by atoms with E-state index in [0.29, 0.717) is 6.17 Å². The standard InChI is InChI=1S/C7H9IN2O/c8-10-5-4-9-6(10)2-1-3-7(9)11/h1,3,6H,2,4-5H2. The van der Waals surface area contributed by atoms with E-state index in [1.54, 1.807) is 6.08 Å². The first-order valence-electron chi connectivity index (χ1n) is 3.68. The molecule has 0 radical (unpaired) electrons. The van der Waals surface area contributed by atoms with E-state index in [9.17, 15) is 4.79 Å². The molecular weight excluding hydrogens is 255 g/mol. The van der Waals surface area contributed by atoms with Crippen molar-refractivity contribution < 1.29 is 4.79 Å². The van der Waals surface area contributed by atoms with Crippen molar-refractivity contribution in [1.29, 1.82) is 0 Å². The summed E-state index contributed by atoms with van der Waals surface area (Å²) in [6.45, 7) is 1.88. The summed E-state index contributed by atoms with van der Waals surface area (Å²) in [5.74, 6) is 0.167. The molecule has 1 fully saturated rings. The lowest BCUT2D eigenvalue weighted by Gasteiger charge is -2.27. The zero-order valence-electron chi connectivity index (χ0n) is 6.03. The van der Waals surface area contributed by atoms with Gasteiger partial charge in [0.05, 0.1) is 6.17 Å². The molecule has 0 spiro atoms. The maximum absolute atomic E-state index is 11.2. The molecule has 0 saturated carbocycles. The van der Waals surface area contributed by atoms with Gasteiger partial charge in [0.2, 0.25) is 5.91 Å². The monoisotopic (exact) mass is 264 g/mol. The fourth-order valence-corrected chi connectivity index (χ4v) is 2.28. The number of fused-ring (bicyclic) bond motifs is 1. The fraction of sp³-hybridized carbons (Fsp3) is 0.571. The molecule has 4 heteroatoms. The number of nitrogens with zero attached hydrogens (tertiary/aromatic N) is 2. The molecule has 2 heterocycles. The molecule has 0 aromatic heterocycles. The van der Waals surface area contributed by atoms with Gasteiger partial charge in [0.15, 0.2) is 0 Å². The summed E-state index contributed by atoms with van der Waals surface area (Å²) in [6.07, 6.45) is 4.94. The van der Waals surface area contributed by atoms with Gasteiger partial charge < -0.3 is 4.90 Å². The second-order valence-electron chi connectivity index (χ2n) is 2.77. The minimum Gasteiger partial charge on any atom is -0.321 e. The van der Waals surface area contributed by atoms with E-state index in [1.165, 1.54) is 0 Å². The van der Waals surface area contributed by atoms with E-state index in [1.807, 2.05) is 11.0 Å². The van der Waals surface area contributed by atoms with Crippen molar-refractivity contribution in [3.8, 4) is 0 Å². The Morgan fingerprint density at radius 2 is 2.36 bits per heavy atom. The smallest absolute Gasteiger partial charge is 0.247 e. The van der Waals surface area contributed by atoms with Crippen LogP contribution in [-0.2, 0) is 4.79 Å². The van der Waals surface area contributed by atoms with Crippen LogP contribution in [0.15, 0.2) is 12.2 Å². The Balaban J connectivity index is 2.21. The summed E-state index contributed by atoms with van der Waals surface area (Å²) in [5.41, 5.74) is 0. The van der Waals surface area contributed by atoms with E-state index in [-0.39, 0.29) is 5.91 Å². The predicted octanol–water partition coefficient (Wildman–Crippen LogP) is 0.767. The molecule has 0 aliphatic carbocycles. The topological polar surface area (TPSA) is 23.6 Å². The number of hydrogen-bond donors (Lipinski definition) is 0. The van der Waals surface area contributed by atoms with Crippen molar-refractivity contribution in [2.24, 2.45) is 0 Å². The van der Waals surface area contributed by atoms with Crippen LogP contribution < -0.4 is 0 Å². The molecule has 0 N–H and O–H groups in total. The van der Waals surface area contributed by atoms with Gasteiger partial charge in [-0.3, -0.25) is 4.79 Å². The Bertz CT molecular complexity index is 216. The minimum atomic E-state index is 0.167. The first-order chi connectivity index (χ1) is 5.29. The quantitative estimate of drug-likeness (QED) is 0.476. The average molecular weight is 264 g/mol. The molecule has 11 heavy (non-hydrogen) atoms. The molecule has 2 aliphatic rings. The molecule has 1 saturated heterocycles. The highest BCUT2D eigenvalue weighted by molar-refractivity contribution is 14.1. The van der Waals surface area contributed by atoms with Crippen molar-refractivity contribution in [3.63, 3.8) is 0 Å². The Labute approximate surface area is 79.5 Å². The van der Waals surface area contributed by atoms with Gasteiger partial charge in [-0.25, -0.2) is 3.11 Å². The van der Waals surface area contributed by atoms with E-state index < -0.39 is 0 Å². The summed E-state index contributed by atoms with van der Waals surface area (Å²) >= 11 is 2.28. The molecule has 3 nitrogen and oxygen atoms in total. The van der Waals surface area contributed by atoms with Crippen molar-refractivity contribution in [3.05, 3.63) is 12.2 Å². The van der Waals surface area contributed by atoms with Crippen molar-refractivity contribution in [2.45, 2.75) is 12.6 Å². The Morgan fingerprint density at radius 1 is 1.55 bits per heavy atom. The Morgan fingerprint density at radius 3 is 3.09 bits per heavy atom. The number of hydrogen-bond acceptors (Lipinski definition) is 2. The molecule has 1 unspecified atom stereocenters. The SMILES string of the molecule is O=C1C=CCC2N(I)CCN12. The van der Waals surface area contributed by atoms with Crippen LogP contribution in [0.2, 0.25) is 0 Å². The van der Waals surface area contributed by atoms with Crippen molar-refractivity contribution in [2.75, 3.05) is 13.1 Å². The largest absolute Gasteiger partial charge is 0.321 e. The lowest BCUT2D eigenvalue weighted by atomic mass is 10.2. The first-order valence-corrected chi connectivity index (χ1v) is 4.65. The zero-order valence-corrected chi connectivity index (χ0v) is 8.19. The average Bonchev–Trinajstić information content (AvgIpc) is 2.35. The van der Waals surface area contributed by atoms with Crippen molar-refractivity contribution >= 4 is 28.8 Å². The zero-order chi connectivity index (χ0) is 7.84. The van der Waals surface area contributed by atoms with Gasteiger partial charge in [-0.1, -0.05) is 6.08 Å². The number of amides is 1. The highest BCUT2D eigenvalue weighted by Crippen LogP contribution is 2.24. The molecule has 60 valence electrons. The Hall–Kier alpha value is -0.100. The second kappa shape index (κ2) is 2.75. The van der Waals surface area contributed by atoms with Crippen LogP contribution in [0.3, 0.4) is 0 Å². The van der Waals surface area contributed by atoms with Crippen LogP contribution in [0.25, 0.3) is 0 Å². The third-order valence-corrected chi connectivity index (χ3v) is 3.25. The van der Waals surface area contributed by atoms with Crippen LogP contribution in [0.5, 0.6) is 0 Å². The fourth-order valence-electron chi connectivity index (χ4n) is 1.54. The van der Waals surface area contributed by atoms with Gasteiger partial charge >= 0.3 is 0 Å². The molecule has 1 atom stereocenters. The molecule has 0 aromatic carbocycles. The molecular formula is C7H9IN2O. The van der Waals surface area contributed by atoms with Crippen LogP contribution in [0.1, 0.15) is 6.42 Å². The molecule has 2 rings (SSSR count). The minimum absolute atomic E-state index is 0.167. The van der Waals surface area contributed by atoms with Crippen LogP contribution in [-0.4, -0.2) is 33.2 Å². The highest BCUT2D eigenvalue weighted by Gasteiger charge is 2.33. The summed E-state index contributed by atoms with van der Waals surface area (Å²) < 4.78 is 2.19. The molecule has 1 amide bonds. The van der Waals surface area contributed by atoms with Crippen LogP contribution in [0.4, 0.5) is 0 Å². The maximum Gasteiger partial charge on any atom is 0.247 e. The first kappa shape index (κ1) is 7.54. The van der Waals surface area contributed by atoms with Gasteiger partial charge in [-0.15, -0.1) is 0 Å². The summed E-state index contributed by atoms with van der Waals surface area (Å²) in [6, 6.07) is 0. The predicted molar refractivity (Wildman–Crippen MR) is 50.0 cm³/mol. The van der Waals surface area contributed by atoms with Gasteiger partial charge in [0.1, 0.15) is 0 Å². The molecule has 0 bridgehead atoms. The molecule has 0 aromatic rings. The second-order valence-corrected chi connectivity index (χ2v) is 4.01. The summed E-state index contributed by atoms with van der Waals surface area (Å²) in [7, 11) is 0. The number of carbonyl (C=O) groups is 1. The highest BCUT2D eigenvalue weighted by atomic mass is 127. The third kappa shape index (κ3) is 1.18. The van der Waals surface area contributed by atoms with Crippen LogP contribution in [0, 0.1) is 0 Å². The normalized spacial score (nSPS) is 31.2. The van der Waals surface area contributed by atoms with E-state index in [2.05, 4.69) is 26.0 Å². The van der Waals surface area contributed by atoms with E-state index in [4.69, 9.17) is 0 Å². The van der Waals surface area contributed by atoms with Crippen LogP contribution >= 0.6 is 22.9 Å². The summed E-state index contributed by atoms with van der Waals surface area (Å²) in [4.78, 5) is 13.2. The molecule has 2 aliphatic heterocycles. The van der Waals surface area contributed by atoms with Crippen molar-refractivity contribution in [1.82, 2.24) is 8.01 Å².